The van der Waals surface area contributed by atoms with Gasteiger partial charge in [-0.1, -0.05) is 12.7 Å². The van der Waals surface area contributed by atoms with Crippen molar-refractivity contribution in [3.63, 3.8) is 0 Å². The minimum absolute atomic E-state index is 0.0273. The molecule has 0 saturated heterocycles. The number of benzene rings is 1. The zero-order valence-electron chi connectivity index (χ0n) is 7.24. The summed E-state index contributed by atoms with van der Waals surface area (Å²) in [6.45, 7) is 3.22. The van der Waals surface area contributed by atoms with Crippen molar-refractivity contribution in [1.29, 1.82) is 0 Å². The van der Waals surface area contributed by atoms with E-state index >= 15 is 0 Å². The Balaban J connectivity index is 3.14. The molecule has 0 bridgehead atoms. The summed E-state index contributed by atoms with van der Waals surface area (Å²) in [5, 5.41) is 0. The highest BCUT2D eigenvalue weighted by atomic mass is 19.4. The van der Waals surface area contributed by atoms with Crippen LogP contribution in [0.25, 0.3) is 6.08 Å². The molecule has 0 aliphatic carbocycles. The second kappa shape index (κ2) is 3.88. The molecule has 0 aromatic heterocycles. The van der Waals surface area contributed by atoms with Crippen LogP contribution in [0.1, 0.15) is 5.56 Å². The van der Waals surface area contributed by atoms with E-state index < -0.39 is 23.7 Å². The maximum absolute atomic E-state index is 12.9. The van der Waals surface area contributed by atoms with Gasteiger partial charge in [0.1, 0.15) is 0 Å². The second-order valence-electron chi connectivity index (χ2n) is 2.57. The van der Waals surface area contributed by atoms with Gasteiger partial charge < -0.3 is 4.74 Å². The van der Waals surface area contributed by atoms with Gasteiger partial charge in [0.15, 0.2) is 11.6 Å². The first kappa shape index (κ1) is 11.5. The summed E-state index contributed by atoms with van der Waals surface area (Å²) in [5.74, 6) is -4.32. The zero-order valence-corrected chi connectivity index (χ0v) is 7.24. The third kappa shape index (κ3) is 2.93. The standard InChI is InChI=1S/C9H5F5O/c1-2-5-3-6(10)8(7(11)4-5)15-9(12,13)14/h2-4H,1H2. The molecule has 0 saturated carbocycles. The molecule has 6 heteroatoms. The van der Waals surface area contributed by atoms with E-state index in [0.717, 1.165) is 6.08 Å². The lowest BCUT2D eigenvalue weighted by Gasteiger charge is -2.10. The lowest BCUT2D eigenvalue weighted by atomic mass is 10.2. The van der Waals surface area contributed by atoms with Crippen LogP contribution in [0.4, 0.5) is 22.0 Å². The highest BCUT2D eigenvalue weighted by Gasteiger charge is 2.34. The van der Waals surface area contributed by atoms with Crippen LogP contribution in [0.15, 0.2) is 18.7 Å². The van der Waals surface area contributed by atoms with E-state index in [2.05, 4.69) is 11.3 Å². The Hall–Kier alpha value is -1.59. The molecule has 0 N–H and O–H groups in total. The molecule has 0 amide bonds. The van der Waals surface area contributed by atoms with Gasteiger partial charge in [-0.05, 0) is 17.7 Å². The van der Waals surface area contributed by atoms with Crippen molar-refractivity contribution >= 4 is 6.08 Å². The summed E-state index contributed by atoms with van der Waals surface area (Å²) in [5.41, 5.74) is 0.0273. The molecule has 0 radical (unpaired) electrons. The predicted octanol–water partition coefficient (Wildman–Crippen LogP) is 3.51. The molecular formula is C9H5F5O. The van der Waals surface area contributed by atoms with E-state index in [1.165, 1.54) is 0 Å². The summed E-state index contributed by atoms with van der Waals surface area (Å²) in [4.78, 5) is 0. The van der Waals surface area contributed by atoms with E-state index in [1.54, 1.807) is 0 Å². The molecule has 1 rings (SSSR count). The molecule has 0 aliphatic heterocycles. The fourth-order valence-electron chi connectivity index (χ4n) is 0.911. The number of rotatable bonds is 2. The van der Waals surface area contributed by atoms with Crippen LogP contribution < -0.4 is 4.74 Å². The Morgan fingerprint density at radius 2 is 1.60 bits per heavy atom. The highest BCUT2D eigenvalue weighted by Crippen LogP contribution is 2.29. The smallest absolute Gasteiger partial charge is 0.399 e. The molecule has 1 aromatic carbocycles. The molecule has 82 valence electrons. The average molecular weight is 224 g/mol. The number of halogens is 5. The lowest BCUT2D eigenvalue weighted by Crippen LogP contribution is -2.19. The zero-order chi connectivity index (χ0) is 11.6. The molecule has 0 fully saturated rings. The van der Waals surface area contributed by atoms with E-state index in [9.17, 15) is 22.0 Å². The monoisotopic (exact) mass is 224 g/mol. The first-order valence-corrected chi connectivity index (χ1v) is 3.70. The van der Waals surface area contributed by atoms with E-state index in [4.69, 9.17) is 0 Å². The molecule has 0 heterocycles. The normalized spacial score (nSPS) is 11.3. The van der Waals surface area contributed by atoms with Gasteiger partial charge in [0.05, 0.1) is 0 Å². The van der Waals surface area contributed by atoms with Crippen molar-refractivity contribution < 1.29 is 26.7 Å². The summed E-state index contributed by atoms with van der Waals surface area (Å²) >= 11 is 0. The highest BCUT2D eigenvalue weighted by molar-refractivity contribution is 5.49. The van der Waals surface area contributed by atoms with Crippen molar-refractivity contribution in [1.82, 2.24) is 0 Å². The van der Waals surface area contributed by atoms with Gasteiger partial charge in [0.25, 0.3) is 0 Å². The molecule has 0 atom stereocenters. The van der Waals surface area contributed by atoms with Gasteiger partial charge in [-0.2, -0.15) is 0 Å². The Bertz CT molecular complexity index is 360. The Morgan fingerprint density at radius 1 is 1.13 bits per heavy atom. The lowest BCUT2D eigenvalue weighted by molar-refractivity contribution is -0.276. The number of hydrogen-bond donors (Lipinski definition) is 0. The average Bonchev–Trinajstić information content (AvgIpc) is 2.09. The number of hydrogen-bond acceptors (Lipinski definition) is 1. The minimum atomic E-state index is -5.13. The van der Waals surface area contributed by atoms with Crippen LogP contribution in [-0.2, 0) is 0 Å². The van der Waals surface area contributed by atoms with Gasteiger partial charge in [0, 0.05) is 0 Å². The van der Waals surface area contributed by atoms with Gasteiger partial charge >= 0.3 is 6.36 Å². The van der Waals surface area contributed by atoms with Crippen LogP contribution in [0.2, 0.25) is 0 Å². The largest absolute Gasteiger partial charge is 0.573 e. The number of ether oxygens (including phenoxy) is 1. The van der Waals surface area contributed by atoms with E-state index in [-0.39, 0.29) is 5.56 Å². The van der Waals surface area contributed by atoms with Crippen molar-refractivity contribution in [3.8, 4) is 5.75 Å². The Morgan fingerprint density at radius 3 is 1.93 bits per heavy atom. The Kier molecular flexibility index (Phi) is 2.97. The summed E-state index contributed by atoms with van der Waals surface area (Å²) in [7, 11) is 0. The fourth-order valence-corrected chi connectivity index (χ4v) is 0.911. The van der Waals surface area contributed by atoms with Gasteiger partial charge in [0.2, 0.25) is 5.75 Å². The third-order valence-electron chi connectivity index (χ3n) is 1.47. The van der Waals surface area contributed by atoms with Crippen molar-refractivity contribution in [2.45, 2.75) is 6.36 Å². The maximum Gasteiger partial charge on any atom is 0.573 e. The quantitative estimate of drug-likeness (QED) is 0.698. The Labute approximate surface area is 81.8 Å². The second-order valence-corrected chi connectivity index (χ2v) is 2.57. The van der Waals surface area contributed by atoms with Crippen LogP contribution >= 0.6 is 0 Å². The van der Waals surface area contributed by atoms with E-state index in [1.807, 2.05) is 0 Å². The summed E-state index contributed by atoms with van der Waals surface area (Å²) < 4.78 is 64.1. The molecule has 1 aromatic rings. The first-order chi connectivity index (χ1) is 6.83. The maximum atomic E-state index is 12.9. The van der Waals surface area contributed by atoms with Gasteiger partial charge in [-0.3, -0.25) is 0 Å². The predicted molar refractivity (Wildman–Crippen MR) is 43.1 cm³/mol. The molecular weight excluding hydrogens is 219 g/mol. The van der Waals surface area contributed by atoms with Crippen molar-refractivity contribution in [2.24, 2.45) is 0 Å². The fraction of sp³-hybridized carbons (Fsp3) is 0.111. The van der Waals surface area contributed by atoms with Gasteiger partial charge in [-0.25, -0.2) is 8.78 Å². The van der Waals surface area contributed by atoms with Gasteiger partial charge in [-0.15, -0.1) is 13.2 Å². The SMILES string of the molecule is C=Cc1cc(F)c(OC(F)(F)F)c(F)c1. The van der Waals surface area contributed by atoms with Crippen LogP contribution in [-0.4, -0.2) is 6.36 Å². The number of alkyl halides is 3. The van der Waals surface area contributed by atoms with Crippen LogP contribution in [0, 0.1) is 11.6 Å². The molecule has 0 spiro atoms. The topological polar surface area (TPSA) is 9.23 Å². The molecule has 15 heavy (non-hydrogen) atoms. The van der Waals surface area contributed by atoms with E-state index in [0.29, 0.717) is 12.1 Å². The third-order valence-corrected chi connectivity index (χ3v) is 1.47. The molecule has 1 nitrogen and oxygen atoms in total. The van der Waals surface area contributed by atoms with Crippen molar-refractivity contribution in [2.75, 3.05) is 0 Å². The summed E-state index contributed by atoms with van der Waals surface area (Å²) in [6.07, 6.45) is -4.03. The van der Waals surface area contributed by atoms with Crippen LogP contribution in [0.3, 0.4) is 0 Å². The molecule has 0 aliphatic rings. The molecule has 0 unspecified atom stereocenters. The van der Waals surface area contributed by atoms with Crippen molar-refractivity contribution in [3.05, 3.63) is 35.9 Å². The minimum Gasteiger partial charge on any atom is -0.399 e. The first-order valence-electron chi connectivity index (χ1n) is 3.70. The van der Waals surface area contributed by atoms with Crippen LogP contribution in [0.5, 0.6) is 5.75 Å². The summed E-state index contributed by atoms with van der Waals surface area (Å²) in [6, 6.07) is 1.38.